The van der Waals surface area contributed by atoms with Crippen LogP contribution < -0.4 is 63.9 Å². The van der Waals surface area contributed by atoms with Crippen molar-refractivity contribution < 1.29 is 75.7 Å². The second kappa shape index (κ2) is 40.9. The fourth-order valence-electron chi connectivity index (χ4n) is 17.4. The number of hydrogen-bond acceptors (Lipinski definition) is 28. The number of aromatic nitrogens is 15. The lowest BCUT2D eigenvalue weighted by Crippen LogP contribution is -2.45. The van der Waals surface area contributed by atoms with Crippen LogP contribution in [0, 0.1) is 38.2 Å². The number of aromatic amines is 1. The molecule has 9 aromatic heterocycles. The van der Waals surface area contributed by atoms with Gasteiger partial charge in [0, 0.05) is 78.7 Å². The van der Waals surface area contributed by atoms with Gasteiger partial charge in [-0.05, 0) is 119 Å². The number of amides is 3. The summed E-state index contributed by atoms with van der Waals surface area (Å²) in [7, 11) is 4.46. The van der Waals surface area contributed by atoms with E-state index in [0.29, 0.717) is 157 Å². The average Bonchev–Trinajstić information content (AvgIpc) is 1.59. The molecule has 3 aliphatic carbocycles. The minimum absolute atomic E-state index is 0.00843. The van der Waals surface area contributed by atoms with Crippen molar-refractivity contribution in [2.75, 3.05) is 47.6 Å². The first-order chi connectivity index (χ1) is 65.3. The quantitative estimate of drug-likeness (QED) is 0.0255. The molecule has 3 saturated heterocycles. The molecule has 0 bridgehead atoms. The molecule has 0 radical (unpaired) electrons. The molecule has 6 atom stereocenters. The predicted octanol–water partition coefficient (Wildman–Crippen LogP) is 8.77. The van der Waals surface area contributed by atoms with Crippen LogP contribution >= 0.6 is 34.0 Å². The maximum absolute atomic E-state index is 14.7. The molecule has 37 nitrogen and oxygen atoms in total. The van der Waals surface area contributed by atoms with Gasteiger partial charge in [0.1, 0.15) is 101 Å². The van der Waals surface area contributed by atoms with Gasteiger partial charge in [0.05, 0.1) is 144 Å². The van der Waals surface area contributed by atoms with E-state index in [1.165, 1.54) is 153 Å². The van der Waals surface area contributed by atoms with Crippen molar-refractivity contribution in [1.82, 2.24) is 88.8 Å². The van der Waals surface area contributed by atoms with Gasteiger partial charge in [0.15, 0.2) is 0 Å². The predicted molar refractivity (Wildman–Crippen MR) is 489 cm³/mol. The van der Waals surface area contributed by atoms with Crippen LogP contribution in [0.15, 0.2) is 181 Å². The van der Waals surface area contributed by atoms with Crippen LogP contribution in [-0.4, -0.2) is 185 Å². The van der Waals surface area contributed by atoms with E-state index in [4.69, 9.17) is 37.9 Å². The van der Waals surface area contributed by atoms with Crippen LogP contribution in [0.1, 0.15) is 139 Å². The minimum atomic E-state index is -0.967. The highest BCUT2D eigenvalue weighted by Crippen LogP contribution is 2.43. The van der Waals surface area contributed by atoms with Gasteiger partial charge in [0.25, 0.3) is 16.7 Å². The Hall–Kier alpha value is -13.2. The molecule has 0 spiro atoms. The lowest BCUT2D eigenvalue weighted by Gasteiger charge is -2.37. The fourth-order valence-corrected chi connectivity index (χ4v) is 20.9. The number of benzene rings is 5. The molecule has 6 aliphatic rings. The third kappa shape index (κ3) is 19.6. The van der Waals surface area contributed by atoms with Crippen LogP contribution in [0.2, 0.25) is 0 Å². The Balaban J connectivity index is 0.000000130. The number of carbonyl (C=O) groups excluding carboxylic acids is 3. The van der Waals surface area contributed by atoms with E-state index in [0.717, 1.165) is 49.0 Å². The summed E-state index contributed by atoms with van der Waals surface area (Å²) in [6.07, 6.45) is 10.4. The number of thiophene rings is 3. The molecule has 43 heteroatoms. The summed E-state index contributed by atoms with van der Waals surface area (Å²) < 4.78 is 95.7. The van der Waals surface area contributed by atoms with Gasteiger partial charge in [-0.3, -0.25) is 42.9 Å². The monoisotopic (exact) mass is 1910 g/mol. The molecule has 135 heavy (non-hydrogen) atoms. The maximum atomic E-state index is 14.7. The standard InChI is InChI=1S/C33H33FN6O6S.C26H27FN6O6S.C20H23FO4.C13H12N6O3S/c1-19-28-30(42)39(25-10-11-35-29(25)41)33(43)38(32(28)47-31(19)40-36-12-13-37-40)17-27(24-14-21(34)8-9-26(24)44-2)46-23-15-22(16-23)45-18-20-6-4-3-5-7-20;1-13-21-23(36)32(18-5-6-28-22(18)35)26(37)31(25(21)40-24(13)33-29-7-8-30-33)12-20(39-16-10-15(34)11-16)17-9-14(27)3-4-19(17)38-2;1-23-19-8-7-15(21)9-18(19)20(12-22)25-17-10-16(11-17)24-13-14-5-3-2-4-6-14;1-6-8-10(23-12(6)19-15-4-5-16-19)17-13(22)18(11(8)21)7-2-3-14-9(7)20/h3-9,12-14,22-23,25,27H,10-11,15-18H2,1-2H3,(H,35,41);3-4,7-9,15-16,18,20,34H,5-6,10-12H2,1-2H3,(H,28,35);2-9,16-17,20,22H,10-13H2,1H3;4-5,7H,2-3H2,1H3,(H,14,20)(H,17,22)/t22?,23?,25-,27+;15?,16?,18-,20+;16?,17?,20-;7-/m1101/s1. The molecule has 3 amide bonds. The highest BCUT2D eigenvalue weighted by molar-refractivity contribution is 7.22. The van der Waals surface area contributed by atoms with E-state index in [1.807, 2.05) is 60.7 Å². The number of hydrogen-bond donors (Lipinski definition) is 6. The Morgan fingerprint density at radius 1 is 0.430 bits per heavy atom. The highest BCUT2D eigenvalue weighted by atomic mass is 32.1. The van der Waals surface area contributed by atoms with E-state index in [2.05, 4.69) is 51.5 Å². The van der Waals surface area contributed by atoms with Crippen molar-refractivity contribution in [3.05, 3.63) is 277 Å². The molecule has 5 aromatic carbocycles. The van der Waals surface area contributed by atoms with Crippen LogP contribution in [-0.2, 0) is 64.4 Å². The lowest BCUT2D eigenvalue weighted by atomic mass is 9.91. The van der Waals surface area contributed by atoms with Gasteiger partial charge in [-0.2, -0.15) is 30.6 Å². The van der Waals surface area contributed by atoms with E-state index < -0.39 is 99.7 Å². The Labute approximate surface area is 777 Å². The minimum Gasteiger partial charge on any atom is -0.496 e. The van der Waals surface area contributed by atoms with E-state index >= 15 is 0 Å². The number of nitrogens with zero attached hydrogens (tertiary/aromatic N) is 14. The second-order valence-corrected chi connectivity index (χ2v) is 36.1. The van der Waals surface area contributed by atoms with Gasteiger partial charge < -0.3 is 64.1 Å². The lowest BCUT2D eigenvalue weighted by molar-refractivity contribution is -0.139. The number of aryl methyl sites for hydroxylation is 3. The number of H-pyrrole nitrogens is 1. The van der Waals surface area contributed by atoms with Gasteiger partial charge >= 0.3 is 17.1 Å². The smallest absolute Gasteiger partial charge is 0.332 e. The van der Waals surface area contributed by atoms with Crippen molar-refractivity contribution in [1.29, 1.82) is 0 Å². The molecule has 6 fully saturated rings. The number of aliphatic hydroxyl groups is 2. The first-order valence-corrected chi connectivity index (χ1v) is 46.1. The largest absolute Gasteiger partial charge is 0.496 e. The maximum Gasteiger partial charge on any atom is 0.332 e. The molecule has 0 unspecified atom stereocenters. The van der Waals surface area contributed by atoms with Crippen molar-refractivity contribution in [2.24, 2.45) is 0 Å². The third-order valence-electron chi connectivity index (χ3n) is 24.6. The zero-order valence-corrected chi connectivity index (χ0v) is 76.3. The average molecular weight is 1910 g/mol. The SMILES string of the molecule is COc1ccc(F)cc1[C@H](CO)OC1CC(OCc2ccccc2)C1.COc1ccc(F)cc1[C@H](Cn1c(=O)n([C@@H]2CCNC2=O)c(=O)c2c(C)c(-n3nccn3)sc21)OC1CC(O)C1.COc1ccc(F)cc1[C@H](Cn1c(=O)n([C@@H]2CCNC2=O)c(=O)c2c(C)c(-n3nccn3)sc21)OC1CC(OCc2ccccc2)C1.Cc1c(-n2nccn2)sc2[nH]c(=O)n([C@@H]3CCNC3=O)c(=O)c12. The van der Waals surface area contributed by atoms with E-state index in [1.54, 1.807) is 26.8 Å². The Morgan fingerprint density at radius 2 is 0.770 bits per heavy atom. The number of halogens is 3. The summed E-state index contributed by atoms with van der Waals surface area (Å²) in [5.41, 5.74) is 1.83. The number of methoxy groups -OCH3 is 3. The summed E-state index contributed by atoms with van der Waals surface area (Å²) in [4.78, 5) is 127. The summed E-state index contributed by atoms with van der Waals surface area (Å²) in [5, 5.41) is 55.2. The molecular weight excluding hydrogens is 1810 g/mol. The van der Waals surface area contributed by atoms with Crippen LogP contribution in [0.3, 0.4) is 0 Å². The number of carbonyl (C=O) groups is 3. The van der Waals surface area contributed by atoms with E-state index in [-0.39, 0.29) is 79.1 Å². The fraction of sp³-hybridized carbons (Fsp3) is 0.380. The molecule has 3 saturated carbocycles. The third-order valence-corrected chi connectivity index (χ3v) is 28.3. The van der Waals surface area contributed by atoms with Gasteiger partial charge in [-0.1, -0.05) is 94.7 Å². The number of nitrogens with one attached hydrogen (secondary N) is 4. The summed E-state index contributed by atoms with van der Waals surface area (Å²) in [6.45, 7) is 7.07. The Morgan fingerprint density at radius 3 is 1.13 bits per heavy atom. The topological polar surface area (TPSA) is 437 Å². The molecular formula is C92H95F3N18O19S3. The molecule has 706 valence electrons. The first-order valence-electron chi connectivity index (χ1n) is 43.7. The number of rotatable bonds is 29. The summed E-state index contributed by atoms with van der Waals surface area (Å²) in [6, 6.07) is 29.6. The summed E-state index contributed by atoms with van der Waals surface area (Å²) >= 11 is 3.58. The second-order valence-electron chi connectivity index (χ2n) is 33.1. The van der Waals surface area contributed by atoms with Gasteiger partial charge in [0.2, 0.25) is 17.7 Å². The van der Waals surface area contributed by atoms with Crippen molar-refractivity contribution in [3.8, 4) is 32.3 Å². The zero-order valence-electron chi connectivity index (χ0n) is 73.8. The van der Waals surface area contributed by atoms with Crippen molar-refractivity contribution in [2.45, 2.75) is 178 Å². The van der Waals surface area contributed by atoms with Crippen LogP contribution in [0.4, 0.5) is 13.2 Å². The zero-order chi connectivity index (χ0) is 94.6. The normalized spacial score (nSPS) is 20.1. The number of aliphatic hydroxyl groups excluding tert-OH is 2. The van der Waals surface area contributed by atoms with Crippen LogP contribution in [0.25, 0.3) is 45.7 Å². The molecule has 3 aliphatic heterocycles. The first kappa shape index (κ1) is 93.6. The van der Waals surface area contributed by atoms with Crippen molar-refractivity contribution in [3.63, 3.8) is 0 Å². The van der Waals surface area contributed by atoms with Gasteiger partial charge in [-0.25, -0.2) is 41.3 Å². The molecule has 20 rings (SSSR count). The van der Waals surface area contributed by atoms with Crippen molar-refractivity contribution >= 4 is 82.4 Å². The Bertz CT molecular complexity index is 7050. The van der Waals surface area contributed by atoms with Crippen LogP contribution in [0.5, 0.6) is 17.2 Å². The molecule has 12 heterocycles. The van der Waals surface area contributed by atoms with E-state index in [9.17, 15) is 66.5 Å². The Kier molecular flexibility index (Phi) is 28.4. The summed E-state index contributed by atoms with van der Waals surface area (Å²) in [5.74, 6) is -1.22. The molecule has 6 N–H and O–H groups in total. The number of ether oxygens (including phenoxy) is 8. The molecule has 14 aromatic rings. The highest BCUT2D eigenvalue weighted by Gasteiger charge is 2.41. The van der Waals surface area contributed by atoms with Gasteiger partial charge in [-0.15, -0.1) is 14.4 Å². The number of fused-ring (bicyclic) bond motifs is 3.